The summed E-state index contributed by atoms with van der Waals surface area (Å²) in [5.41, 5.74) is 6.94. The molecule has 1 aromatic rings. The summed E-state index contributed by atoms with van der Waals surface area (Å²) in [5.74, 6) is -1.39. The van der Waals surface area contributed by atoms with Crippen LogP contribution in [0.25, 0.3) is 0 Å². The van der Waals surface area contributed by atoms with Crippen molar-refractivity contribution in [2.75, 3.05) is 6.61 Å². The van der Waals surface area contributed by atoms with Gasteiger partial charge in [0.25, 0.3) is 5.91 Å². The Hall–Kier alpha value is -2.37. The monoisotopic (exact) mass is 250 g/mol. The molecule has 0 fully saturated rings. The lowest BCUT2D eigenvalue weighted by atomic mass is 10.1. The number of aryl methyl sites for hydroxylation is 2. The van der Waals surface area contributed by atoms with Crippen LogP contribution in [-0.4, -0.2) is 24.5 Å². The molecule has 0 bridgehead atoms. The number of urea groups is 1. The number of carbonyl (C=O) groups is 3. The predicted molar refractivity (Wildman–Crippen MR) is 63.9 cm³/mol. The van der Waals surface area contributed by atoms with E-state index in [9.17, 15) is 14.4 Å². The summed E-state index contributed by atoms with van der Waals surface area (Å²) < 4.78 is 4.74. The van der Waals surface area contributed by atoms with E-state index in [1.54, 1.807) is 17.4 Å². The topological polar surface area (TPSA) is 98.5 Å². The van der Waals surface area contributed by atoms with Crippen molar-refractivity contribution in [3.63, 3.8) is 0 Å². The maximum absolute atomic E-state index is 11.6. The fourth-order valence-corrected chi connectivity index (χ4v) is 1.48. The number of primary amides is 1. The van der Waals surface area contributed by atoms with Gasteiger partial charge in [0, 0.05) is 0 Å². The molecule has 3 N–H and O–H groups in total. The molecule has 0 unspecified atom stereocenters. The fraction of sp³-hybridized carbons (Fsp3) is 0.250. The van der Waals surface area contributed by atoms with Gasteiger partial charge >= 0.3 is 12.0 Å². The van der Waals surface area contributed by atoms with Gasteiger partial charge in [-0.3, -0.25) is 10.1 Å². The molecule has 0 aliphatic rings. The van der Waals surface area contributed by atoms with E-state index < -0.39 is 24.5 Å². The number of rotatable bonds is 3. The van der Waals surface area contributed by atoms with Gasteiger partial charge in [0.15, 0.2) is 6.61 Å². The SMILES string of the molecule is Cc1cc(C)cc(C(=O)OCC(=O)NC(N)=O)c1. The van der Waals surface area contributed by atoms with E-state index in [1.807, 2.05) is 19.9 Å². The van der Waals surface area contributed by atoms with Crippen LogP contribution in [0.2, 0.25) is 0 Å². The molecule has 6 heteroatoms. The first-order valence-corrected chi connectivity index (χ1v) is 5.23. The molecule has 18 heavy (non-hydrogen) atoms. The van der Waals surface area contributed by atoms with Crippen LogP contribution in [0.4, 0.5) is 4.79 Å². The largest absolute Gasteiger partial charge is 0.452 e. The zero-order chi connectivity index (χ0) is 13.7. The number of nitrogens with two attached hydrogens (primary N) is 1. The minimum absolute atomic E-state index is 0.361. The second-order valence-corrected chi connectivity index (χ2v) is 3.86. The maximum atomic E-state index is 11.6. The number of ether oxygens (including phenoxy) is 1. The Morgan fingerprint density at radius 3 is 2.22 bits per heavy atom. The quantitative estimate of drug-likeness (QED) is 0.769. The Morgan fingerprint density at radius 2 is 1.72 bits per heavy atom. The van der Waals surface area contributed by atoms with Gasteiger partial charge < -0.3 is 10.5 Å². The standard InChI is InChI=1S/C12H14N2O4/c1-7-3-8(2)5-9(4-7)11(16)18-6-10(15)14-12(13)17/h3-5H,6H2,1-2H3,(H3,13,14,15,17). The zero-order valence-electron chi connectivity index (χ0n) is 10.1. The van der Waals surface area contributed by atoms with Gasteiger partial charge in [0.1, 0.15) is 0 Å². The van der Waals surface area contributed by atoms with Crippen molar-refractivity contribution >= 4 is 17.9 Å². The van der Waals surface area contributed by atoms with Gasteiger partial charge in [-0.2, -0.15) is 0 Å². The van der Waals surface area contributed by atoms with Crippen LogP contribution in [0.3, 0.4) is 0 Å². The number of esters is 1. The Balaban J connectivity index is 2.60. The molecule has 0 saturated carbocycles. The van der Waals surface area contributed by atoms with E-state index in [4.69, 9.17) is 10.5 Å². The highest BCUT2D eigenvalue weighted by molar-refractivity contribution is 5.96. The lowest BCUT2D eigenvalue weighted by Gasteiger charge is -2.06. The Morgan fingerprint density at radius 1 is 1.17 bits per heavy atom. The molecule has 0 atom stereocenters. The Labute approximate surface area is 104 Å². The van der Waals surface area contributed by atoms with E-state index >= 15 is 0 Å². The summed E-state index contributed by atoms with van der Waals surface area (Å²) in [7, 11) is 0. The number of nitrogens with one attached hydrogen (secondary N) is 1. The summed E-state index contributed by atoms with van der Waals surface area (Å²) in [5, 5.41) is 1.80. The fourth-order valence-electron chi connectivity index (χ4n) is 1.48. The summed E-state index contributed by atoms with van der Waals surface area (Å²) >= 11 is 0. The number of carbonyl (C=O) groups excluding carboxylic acids is 3. The van der Waals surface area contributed by atoms with E-state index in [-0.39, 0.29) is 0 Å². The van der Waals surface area contributed by atoms with Crippen molar-refractivity contribution in [2.24, 2.45) is 5.73 Å². The van der Waals surface area contributed by atoms with Gasteiger partial charge in [0.2, 0.25) is 0 Å². The maximum Gasteiger partial charge on any atom is 0.338 e. The minimum Gasteiger partial charge on any atom is -0.452 e. The highest BCUT2D eigenvalue weighted by Crippen LogP contribution is 2.09. The van der Waals surface area contributed by atoms with Crippen LogP contribution in [0.1, 0.15) is 21.5 Å². The van der Waals surface area contributed by atoms with Crippen molar-refractivity contribution in [1.82, 2.24) is 5.32 Å². The second kappa shape index (κ2) is 5.81. The first-order chi connectivity index (χ1) is 8.38. The minimum atomic E-state index is -0.984. The van der Waals surface area contributed by atoms with Crippen LogP contribution in [0, 0.1) is 13.8 Å². The van der Waals surface area contributed by atoms with Crippen LogP contribution >= 0.6 is 0 Å². The van der Waals surface area contributed by atoms with Crippen molar-refractivity contribution in [3.05, 3.63) is 34.9 Å². The molecule has 96 valence electrons. The molecule has 6 nitrogen and oxygen atoms in total. The van der Waals surface area contributed by atoms with Crippen LogP contribution < -0.4 is 11.1 Å². The van der Waals surface area contributed by atoms with Crippen LogP contribution in [-0.2, 0) is 9.53 Å². The number of amides is 3. The average Bonchev–Trinajstić information content (AvgIpc) is 2.23. The molecule has 0 spiro atoms. The molecule has 0 heterocycles. The third-order valence-electron chi connectivity index (χ3n) is 2.05. The number of hydrogen-bond acceptors (Lipinski definition) is 4. The third kappa shape index (κ3) is 4.25. The third-order valence-corrected chi connectivity index (χ3v) is 2.05. The lowest BCUT2D eigenvalue weighted by molar-refractivity contribution is -0.123. The molecule has 0 aliphatic carbocycles. The predicted octanol–water partition coefficient (Wildman–Crippen LogP) is 0.655. The number of benzene rings is 1. The zero-order valence-corrected chi connectivity index (χ0v) is 10.1. The van der Waals surface area contributed by atoms with Gasteiger partial charge in [-0.25, -0.2) is 9.59 Å². The number of imide groups is 1. The van der Waals surface area contributed by atoms with Gasteiger partial charge in [-0.1, -0.05) is 17.2 Å². The van der Waals surface area contributed by atoms with Crippen molar-refractivity contribution in [1.29, 1.82) is 0 Å². The number of hydrogen-bond donors (Lipinski definition) is 2. The molecule has 0 radical (unpaired) electrons. The molecule has 1 rings (SSSR count). The summed E-state index contributed by atoms with van der Waals surface area (Å²) in [4.78, 5) is 33.0. The molecular formula is C12H14N2O4. The lowest BCUT2D eigenvalue weighted by Crippen LogP contribution is -2.37. The molecule has 3 amide bonds. The average molecular weight is 250 g/mol. The highest BCUT2D eigenvalue weighted by atomic mass is 16.5. The van der Waals surface area contributed by atoms with E-state index in [1.165, 1.54) is 0 Å². The first-order valence-electron chi connectivity index (χ1n) is 5.23. The Bertz CT molecular complexity index is 477. The summed E-state index contributed by atoms with van der Waals surface area (Å²) in [6.07, 6.45) is 0. The van der Waals surface area contributed by atoms with Gasteiger partial charge in [0.05, 0.1) is 5.56 Å². The van der Waals surface area contributed by atoms with Gasteiger partial charge in [-0.15, -0.1) is 0 Å². The van der Waals surface area contributed by atoms with E-state index in [2.05, 4.69) is 0 Å². The normalized spacial score (nSPS) is 9.67. The van der Waals surface area contributed by atoms with Crippen molar-refractivity contribution in [2.45, 2.75) is 13.8 Å². The van der Waals surface area contributed by atoms with Crippen molar-refractivity contribution < 1.29 is 19.1 Å². The van der Waals surface area contributed by atoms with E-state index in [0.29, 0.717) is 5.56 Å². The molecule has 0 aromatic heterocycles. The Kier molecular flexibility index (Phi) is 4.42. The summed E-state index contributed by atoms with van der Waals surface area (Å²) in [6, 6.07) is 4.24. The van der Waals surface area contributed by atoms with Gasteiger partial charge in [-0.05, 0) is 26.0 Å². The molecular weight excluding hydrogens is 236 g/mol. The molecule has 1 aromatic carbocycles. The smallest absolute Gasteiger partial charge is 0.338 e. The summed E-state index contributed by atoms with van der Waals surface area (Å²) in [6.45, 7) is 3.15. The van der Waals surface area contributed by atoms with E-state index in [0.717, 1.165) is 11.1 Å². The van der Waals surface area contributed by atoms with Crippen molar-refractivity contribution in [3.8, 4) is 0 Å². The molecule has 0 saturated heterocycles. The van der Waals surface area contributed by atoms with Crippen LogP contribution in [0.15, 0.2) is 18.2 Å². The second-order valence-electron chi connectivity index (χ2n) is 3.86. The molecule has 0 aliphatic heterocycles. The first kappa shape index (κ1) is 13.7. The van der Waals surface area contributed by atoms with Crippen LogP contribution in [0.5, 0.6) is 0 Å². The highest BCUT2D eigenvalue weighted by Gasteiger charge is 2.11.